The topological polar surface area (TPSA) is 0 Å². The van der Waals surface area contributed by atoms with Crippen molar-refractivity contribution in [2.75, 3.05) is 5.75 Å². The molecule has 5 rings (SSSR count). The SMILES string of the molecule is C1=CCC2=CCc3c(ccc4c3CCCC4)C2=C1.C1=CCSC=C1. The van der Waals surface area contributed by atoms with Gasteiger partial charge >= 0.3 is 0 Å². The lowest BCUT2D eigenvalue weighted by molar-refractivity contribution is 0.679. The minimum atomic E-state index is 1.11. The molecular formula is C23H24S. The van der Waals surface area contributed by atoms with Gasteiger partial charge in [-0.25, -0.2) is 0 Å². The molecule has 0 radical (unpaired) electrons. The van der Waals surface area contributed by atoms with Gasteiger partial charge in [-0.2, -0.15) is 0 Å². The molecular weight excluding hydrogens is 308 g/mol. The van der Waals surface area contributed by atoms with Crippen molar-refractivity contribution in [1.29, 1.82) is 0 Å². The summed E-state index contributed by atoms with van der Waals surface area (Å²) in [5.41, 5.74) is 9.43. The zero-order valence-electron chi connectivity index (χ0n) is 14.1. The molecule has 0 saturated carbocycles. The zero-order valence-corrected chi connectivity index (χ0v) is 14.9. The average molecular weight is 333 g/mol. The number of hydrogen-bond donors (Lipinski definition) is 0. The highest BCUT2D eigenvalue weighted by atomic mass is 32.2. The van der Waals surface area contributed by atoms with Crippen LogP contribution in [0.15, 0.2) is 65.6 Å². The molecule has 4 aliphatic rings. The standard InChI is InChI=1S/C18H18.C5H6S/c1-3-7-15-13(5-1)9-11-18-16-8-4-2-6-14(16)10-12-17(15)18;1-2-4-6-5-3-1/h1,3,7,9-10,12H,2,4-6,8,11H2;1-4H,5H2. The molecule has 1 aromatic rings. The minimum absolute atomic E-state index is 1.11. The first-order chi connectivity index (χ1) is 11.9. The molecule has 1 heteroatoms. The largest absolute Gasteiger partial charge is 0.130 e. The van der Waals surface area contributed by atoms with Crippen LogP contribution in [0.1, 0.15) is 41.5 Å². The van der Waals surface area contributed by atoms with Crippen molar-refractivity contribution in [2.24, 2.45) is 0 Å². The van der Waals surface area contributed by atoms with E-state index < -0.39 is 0 Å². The lowest BCUT2D eigenvalue weighted by Crippen LogP contribution is -2.12. The van der Waals surface area contributed by atoms with Gasteiger partial charge in [0.15, 0.2) is 0 Å². The monoisotopic (exact) mass is 332 g/mol. The normalized spacial score (nSPS) is 20.0. The summed E-state index contributed by atoms with van der Waals surface area (Å²) in [5.74, 6) is 1.15. The van der Waals surface area contributed by atoms with E-state index in [2.05, 4.69) is 54.0 Å². The molecule has 0 aromatic heterocycles. The number of hydrogen-bond acceptors (Lipinski definition) is 1. The Morgan fingerprint density at radius 2 is 1.79 bits per heavy atom. The molecule has 0 saturated heterocycles. The minimum Gasteiger partial charge on any atom is -0.130 e. The maximum absolute atomic E-state index is 2.45. The van der Waals surface area contributed by atoms with Gasteiger partial charge in [0.1, 0.15) is 0 Å². The van der Waals surface area contributed by atoms with Gasteiger partial charge in [-0.15, -0.1) is 11.8 Å². The van der Waals surface area contributed by atoms with E-state index in [0.29, 0.717) is 0 Å². The summed E-state index contributed by atoms with van der Waals surface area (Å²) < 4.78 is 0. The lowest BCUT2D eigenvalue weighted by atomic mass is 9.77. The van der Waals surface area contributed by atoms with Crippen molar-refractivity contribution in [3.05, 3.63) is 87.9 Å². The van der Waals surface area contributed by atoms with Gasteiger partial charge < -0.3 is 0 Å². The van der Waals surface area contributed by atoms with E-state index in [4.69, 9.17) is 0 Å². The summed E-state index contributed by atoms with van der Waals surface area (Å²) in [6, 6.07) is 4.76. The Kier molecular flexibility index (Phi) is 4.89. The number of aryl methyl sites for hydroxylation is 1. The molecule has 1 aliphatic heterocycles. The van der Waals surface area contributed by atoms with Gasteiger partial charge in [0, 0.05) is 5.75 Å². The van der Waals surface area contributed by atoms with Gasteiger partial charge in [-0.3, -0.25) is 0 Å². The van der Waals surface area contributed by atoms with Crippen molar-refractivity contribution in [2.45, 2.75) is 38.5 Å². The van der Waals surface area contributed by atoms with E-state index >= 15 is 0 Å². The molecule has 1 aromatic carbocycles. The fourth-order valence-corrected chi connectivity index (χ4v) is 4.53. The van der Waals surface area contributed by atoms with Gasteiger partial charge in [-0.05, 0) is 77.3 Å². The van der Waals surface area contributed by atoms with Crippen LogP contribution in [-0.4, -0.2) is 5.75 Å². The van der Waals surface area contributed by atoms with Gasteiger partial charge in [0.25, 0.3) is 0 Å². The van der Waals surface area contributed by atoms with E-state index in [1.165, 1.54) is 42.4 Å². The average Bonchev–Trinajstić information content (AvgIpc) is 2.69. The van der Waals surface area contributed by atoms with Crippen LogP contribution >= 0.6 is 11.8 Å². The fraction of sp³-hybridized carbons (Fsp3) is 0.304. The van der Waals surface area contributed by atoms with Crippen LogP contribution in [0, 0.1) is 0 Å². The first-order valence-electron chi connectivity index (χ1n) is 9.07. The highest BCUT2D eigenvalue weighted by Crippen LogP contribution is 2.39. The zero-order chi connectivity index (χ0) is 16.2. The quantitative estimate of drug-likeness (QED) is 0.545. The van der Waals surface area contributed by atoms with Crippen LogP contribution in [0.25, 0.3) is 5.57 Å². The van der Waals surface area contributed by atoms with E-state index in [1.807, 2.05) is 17.8 Å². The maximum atomic E-state index is 2.45. The van der Waals surface area contributed by atoms with Gasteiger partial charge in [-0.1, -0.05) is 54.7 Å². The van der Waals surface area contributed by atoms with Crippen LogP contribution in [0.3, 0.4) is 0 Å². The third-order valence-electron chi connectivity index (χ3n) is 5.19. The fourth-order valence-electron chi connectivity index (χ4n) is 3.99. The molecule has 0 spiro atoms. The molecule has 0 bridgehead atoms. The summed E-state index contributed by atoms with van der Waals surface area (Å²) in [5, 5.41) is 2.10. The molecule has 0 N–H and O–H groups in total. The highest BCUT2D eigenvalue weighted by molar-refractivity contribution is 8.02. The summed E-state index contributed by atoms with van der Waals surface area (Å²) in [7, 11) is 0. The predicted molar refractivity (Wildman–Crippen MR) is 107 cm³/mol. The van der Waals surface area contributed by atoms with Crippen molar-refractivity contribution in [3.63, 3.8) is 0 Å². The summed E-state index contributed by atoms with van der Waals surface area (Å²) >= 11 is 1.83. The van der Waals surface area contributed by atoms with E-state index in [9.17, 15) is 0 Å². The van der Waals surface area contributed by atoms with Gasteiger partial charge in [0.05, 0.1) is 0 Å². The second kappa shape index (κ2) is 7.44. The van der Waals surface area contributed by atoms with Crippen LogP contribution in [0.5, 0.6) is 0 Å². The maximum Gasteiger partial charge on any atom is 0.0157 e. The smallest absolute Gasteiger partial charge is 0.0157 e. The molecule has 1 heterocycles. The Balaban J connectivity index is 0.000000207. The molecule has 0 atom stereocenters. The van der Waals surface area contributed by atoms with Crippen LogP contribution in [-0.2, 0) is 19.3 Å². The lowest BCUT2D eigenvalue weighted by Gasteiger charge is -2.27. The third-order valence-corrected chi connectivity index (χ3v) is 5.93. The van der Waals surface area contributed by atoms with Crippen LogP contribution in [0.2, 0.25) is 0 Å². The highest BCUT2D eigenvalue weighted by Gasteiger charge is 2.22. The Hall–Kier alpha value is -1.73. The van der Waals surface area contributed by atoms with Crippen LogP contribution < -0.4 is 0 Å². The van der Waals surface area contributed by atoms with Crippen molar-refractivity contribution >= 4 is 17.3 Å². The Bertz CT molecular complexity index is 759. The number of fused-ring (bicyclic) bond motifs is 5. The number of allylic oxidation sites excluding steroid dienone is 8. The number of rotatable bonds is 0. The van der Waals surface area contributed by atoms with Crippen LogP contribution in [0.4, 0.5) is 0 Å². The van der Waals surface area contributed by atoms with E-state index in [0.717, 1.165) is 18.6 Å². The summed E-state index contributed by atoms with van der Waals surface area (Å²) in [4.78, 5) is 0. The summed E-state index contributed by atoms with van der Waals surface area (Å²) in [6.45, 7) is 0. The second-order valence-corrected chi connectivity index (χ2v) is 7.61. The predicted octanol–water partition coefficient (Wildman–Crippen LogP) is 6.19. The van der Waals surface area contributed by atoms with E-state index in [-0.39, 0.29) is 0 Å². The number of thioether (sulfide) groups is 1. The molecule has 0 unspecified atom stereocenters. The second-order valence-electron chi connectivity index (χ2n) is 6.67. The van der Waals surface area contributed by atoms with Crippen molar-refractivity contribution in [1.82, 2.24) is 0 Å². The number of benzene rings is 1. The van der Waals surface area contributed by atoms with E-state index in [1.54, 1.807) is 16.7 Å². The first-order valence-corrected chi connectivity index (χ1v) is 10.1. The summed E-state index contributed by atoms with van der Waals surface area (Å²) in [6.07, 6.45) is 23.1. The molecule has 24 heavy (non-hydrogen) atoms. The molecule has 0 fully saturated rings. The third kappa shape index (κ3) is 3.23. The molecule has 3 aliphatic carbocycles. The Morgan fingerprint density at radius 1 is 0.833 bits per heavy atom. The van der Waals surface area contributed by atoms with Crippen molar-refractivity contribution < 1.29 is 0 Å². The molecule has 0 nitrogen and oxygen atoms in total. The van der Waals surface area contributed by atoms with Gasteiger partial charge in [0.2, 0.25) is 0 Å². The first kappa shape index (κ1) is 15.8. The molecule has 0 amide bonds. The Labute approximate surface area is 149 Å². The van der Waals surface area contributed by atoms with Crippen molar-refractivity contribution in [3.8, 4) is 0 Å². The molecule has 122 valence electrons. The Morgan fingerprint density at radius 3 is 2.58 bits per heavy atom.